The van der Waals surface area contributed by atoms with Gasteiger partial charge in [0, 0.05) is 16.7 Å². The molecule has 0 saturated heterocycles. The summed E-state index contributed by atoms with van der Waals surface area (Å²) in [5, 5.41) is 3.79. The van der Waals surface area contributed by atoms with E-state index in [0.717, 1.165) is 6.42 Å². The highest BCUT2D eigenvalue weighted by molar-refractivity contribution is 6.01. The molecule has 2 aliphatic carbocycles. The average Bonchev–Trinajstić information content (AvgIpc) is 2.95. The van der Waals surface area contributed by atoms with Crippen molar-refractivity contribution in [3.05, 3.63) is 76.9 Å². The van der Waals surface area contributed by atoms with Crippen molar-refractivity contribution in [2.24, 2.45) is 0 Å². The molecular formula is C22H21N. The first-order chi connectivity index (χ1) is 11.0. The fourth-order valence-corrected chi connectivity index (χ4v) is 4.77. The first-order valence-corrected chi connectivity index (χ1v) is 8.44. The summed E-state index contributed by atoms with van der Waals surface area (Å²) < 4.78 is 0. The predicted molar refractivity (Wildman–Crippen MR) is 97.5 cm³/mol. The largest absolute Gasteiger partial charge is 0.375 e. The molecule has 1 aliphatic heterocycles. The Balaban J connectivity index is 1.77. The molecule has 1 heterocycles. The minimum absolute atomic E-state index is 0.0157. The molecule has 1 unspecified atom stereocenters. The summed E-state index contributed by atoms with van der Waals surface area (Å²) in [6.07, 6.45) is 3.52. The molecule has 2 aromatic rings. The summed E-state index contributed by atoms with van der Waals surface area (Å²) >= 11 is 0. The molecule has 0 bridgehead atoms. The van der Waals surface area contributed by atoms with Gasteiger partial charge in [-0.1, -0.05) is 56.3 Å². The van der Waals surface area contributed by atoms with Crippen molar-refractivity contribution in [3.63, 3.8) is 0 Å². The van der Waals surface area contributed by atoms with Crippen LogP contribution in [0.15, 0.2) is 60.2 Å². The highest BCUT2D eigenvalue weighted by atomic mass is 15.0. The van der Waals surface area contributed by atoms with Crippen LogP contribution < -0.4 is 5.32 Å². The number of benzene rings is 2. The van der Waals surface area contributed by atoms with Gasteiger partial charge in [-0.05, 0) is 53.3 Å². The van der Waals surface area contributed by atoms with Crippen LogP contribution >= 0.6 is 0 Å². The molecule has 114 valence electrons. The fourth-order valence-electron chi connectivity index (χ4n) is 4.77. The lowest BCUT2D eigenvalue weighted by Crippen LogP contribution is -2.36. The molecular weight excluding hydrogens is 278 g/mol. The maximum atomic E-state index is 3.79. The topological polar surface area (TPSA) is 12.0 Å². The zero-order valence-corrected chi connectivity index (χ0v) is 13.9. The Morgan fingerprint density at radius 2 is 1.57 bits per heavy atom. The van der Waals surface area contributed by atoms with Crippen LogP contribution in [-0.4, -0.2) is 5.54 Å². The van der Waals surface area contributed by atoms with Gasteiger partial charge in [-0.3, -0.25) is 0 Å². The third kappa shape index (κ3) is 1.53. The standard InChI is InChI=1S/C22H21N/c1-21(2)17-10-6-4-8-14(17)16-12-18-15-9-5-7-11-20(15)23-22(18,3)13-19(16)21/h4-12,23H,13H2,1-3H3. The molecule has 0 amide bonds. The minimum atomic E-state index is 0.0157. The second-order valence-corrected chi connectivity index (χ2v) is 7.80. The van der Waals surface area contributed by atoms with Crippen molar-refractivity contribution in [2.75, 3.05) is 5.32 Å². The predicted octanol–water partition coefficient (Wildman–Crippen LogP) is 5.40. The molecule has 23 heavy (non-hydrogen) atoms. The van der Waals surface area contributed by atoms with E-state index in [1.807, 2.05) is 0 Å². The monoisotopic (exact) mass is 299 g/mol. The summed E-state index contributed by atoms with van der Waals surface area (Å²) in [6.45, 7) is 7.10. The van der Waals surface area contributed by atoms with E-state index < -0.39 is 0 Å². The Bertz CT molecular complexity index is 913. The Hall–Kier alpha value is -2.28. The van der Waals surface area contributed by atoms with Gasteiger partial charge in [-0.15, -0.1) is 0 Å². The van der Waals surface area contributed by atoms with E-state index in [-0.39, 0.29) is 11.0 Å². The van der Waals surface area contributed by atoms with E-state index in [0.29, 0.717) is 0 Å². The number of rotatable bonds is 0. The number of anilines is 1. The van der Waals surface area contributed by atoms with Gasteiger partial charge in [0.05, 0.1) is 5.54 Å². The van der Waals surface area contributed by atoms with Crippen LogP contribution in [0.25, 0.3) is 11.1 Å². The third-order valence-corrected chi connectivity index (χ3v) is 6.01. The molecule has 3 aliphatic rings. The normalized spacial score (nSPS) is 26.0. The van der Waals surface area contributed by atoms with Crippen molar-refractivity contribution in [1.82, 2.24) is 0 Å². The van der Waals surface area contributed by atoms with E-state index in [2.05, 4.69) is 80.7 Å². The Labute approximate surface area is 137 Å². The summed E-state index contributed by atoms with van der Waals surface area (Å²) in [5.74, 6) is 0. The fraction of sp³-hybridized carbons (Fsp3) is 0.273. The highest BCUT2D eigenvalue weighted by Crippen LogP contribution is 2.57. The second kappa shape index (κ2) is 3.97. The average molecular weight is 299 g/mol. The van der Waals surface area contributed by atoms with Crippen LogP contribution in [0.2, 0.25) is 0 Å². The lowest BCUT2D eigenvalue weighted by Gasteiger charge is -2.36. The Morgan fingerprint density at radius 3 is 2.39 bits per heavy atom. The third-order valence-electron chi connectivity index (χ3n) is 6.01. The van der Waals surface area contributed by atoms with Crippen LogP contribution in [-0.2, 0) is 5.41 Å². The van der Waals surface area contributed by atoms with E-state index in [9.17, 15) is 0 Å². The molecule has 1 N–H and O–H groups in total. The van der Waals surface area contributed by atoms with E-state index in [1.165, 1.54) is 33.5 Å². The van der Waals surface area contributed by atoms with Gasteiger partial charge < -0.3 is 5.32 Å². The highest BCUT2D eigenvalue weighted by Gasteiger charge is 2.47. The van der Waals surface area contributed by atoms with Gasteiger partial charge in [-0.25, -0.2) is 0 Å². The van der Waals surface area contributed by atoms with Crippen molar-refractivity contribution in [2.45, 2.75) is 38.1 Å². The molecule has 1 heteroatoms. The summed E-state index contributed by atoms with van der Waals surface area (Å²) in [5.41, 5.74) is 10.1. The molecule has 5 rings (SSSR count). The van der Waals surface area contributed by atoms with Crippen molar-refractivity contribution in [3.8, 4) is 0 Å². The smallest absolute Gasteiger partial charge is 0.0641 e. The Morgan fingerprint density at radius 1 is 0.870 bits per heavy atom. The number of para-hydroxylation sites is 1. The maximum Gasteiger partial charge on any atom is 0.0641 e. The first-order valence-electron chi connectivity index (χ1n) is 8.44. The Kier molecular flexibility index (Phi) is 2.28. The van der Waals surface area contributed by atoms with Gasteiger partial charge in [-0.2, -0.15) is 0 Å². The van der Waals surface area contributed by atoms with Crippen molar-refractivity contribution < 1.29 is 0 Å². The second-order valence-electron chi connectivity index (χ2n) is 7.80. The van der Waals surface area contributed by atoms with Gasteiger partial charge in [0.25, 0.3) is 0 Å². The van der Waals surface area contributed by atoms with Crippen LogP contribution in [0.5, 0.6) is 0 Å². The van der Waals surface area contributed by atoms with Crippen molar-refractivity contribution in [1.29, 1.82) is 0 Å². The SMILES string of the molecule is CC12CC3=C(C=C1c1ccccc1N2)c1ccccc1C3(C)C. The van der Waals surface area contributed by atoms with Crippen LogP contribution in [0.3, 0.4) is 0 Å². The quantitative estimate of drug-likeness (QED) is 0.686. The first kappa shape index (κ1) is 13.2. The molecule has 1 atom stereocenters. The number of nitrogens with one attached hydrogen (secondary N) is 1. The van der Waals surface area contributed by atoms with Gasteiger partial charge in [0.15, 0.2) is 0 Å². The van der Waals surface area contributed by atoms with Crippen LogP contribution in [0.4, 0.5) is 5.69 Å². The maximum absolute atomic E-state index is 3.79. The van der Waals surface area contributed by atoms with Crippen molar-refractivity contribution >= 4 is 16.8 Å². The molecule has 0 fully saturated rings. The number of hydrogen-bond acceptors (Lipinski definition) is 1. The van der Waals surface area contributed by atoms with Crippen LogP contribution in [0.1, 0.15) is 43.9 Å². The lowest BCUT2D eigenvalue weighted by molar-refractivity contribution is 0.550. The van der Waals surface area contributed by atoms with E-state index in [1.54, 1.807) is 5.57 Å². The minimum Gasteiger partial charge on any atom is -0.375 e. The zero-order valence-electron chi connectivity index (χ0n) is 13.9. The molecule has 0 spiro atoms. The van der Waals surface area contributed by atoms with Crippen LogP contribution in [0, 0.1) is 0 Å². The van der Waals surface area contributed by atoms with E-state index in [4.69, 9.17) is 0 Å². The zero-order chi connectivity index (χ0) is 15.8. The van der Waals surface area contributed by atoms with Gasteiger partial charge in [0.1, 0.15) is 0 Å². The summed E-state index contributed by atoms with van der Waals surface area (Å²) in [6, 6.07) is 17.6. The van der Waals surface area contributed by atoms with Gasteiger partial charge in [0.2, 0.25) is 0 Å². The number of hydrogen-bond donors (Lipinski definition) is 1. The van der Waals surface area contributed by atoms with E-state index >= 15 is 0 Å². The molecule has 1 nitrogen and oxygen atoms in total. The molecule has 0 saturated carbocycles. The molecule has 0 aromatic heterocycles. The number of fused-ring (bicyclic) bond motifs is 5. The summed E-state index contributed by atoms with van der Waals surface area (Å²) in [7, 11) is 0. The number of allylic oxidation sites excluding steroid dienone is 2. The van der Waals surface area contributed by atoms with Gasteiger partial charge >= 0.3 is 0 Å². The molecule has 2 aromatic carbocycles. The summed E-state index contributed by atoms with van der Waals surface area (Å²) in [4.78, 5) is 0. The lowest BCUT2D eigenvalue weighted by atomic mass is 9.71. The molecule has 0 radical (unpaired) electrons.